The van der Waals surface area contributed by atoms with Crippen LogP contribution in [0.25, 0.3) is 22.3 Å². The van der Waals surface area contributed by atoms with Gasteiger partial charge in [-0.15, -0.1) is 0 Å². The Morgan fingerprint density at radius 2 is 0.800 bits per heavy atom. The Kier molecular flexibility index (Phi) is 2.95. The highest BCUT2D eigenvalue weighted by atomic mass is 16.7. The van der Waals surface area contributed by atoms with Gasteiger partial charge < -0.3 is 9.31 Å². The Hall–Kier alpha value is -3.92. The summed E-state index contributed by atoms with van der Waals surface area (Å²) in [5.74, 6) is -2.24. The summed E-state index contributed by atoms with van der Waals surface area (Å²) < 4.78 is 205. The molecule has 1 aliphatic rings. The maximum atomic E-state index is 9.31. The fraction of sp³-hybridized carbons (Fsp3) is 0.189. The monoisotopic (exact) mass is 544 g/mol. The van der Waals surface area contributed by atoms with Crippen LogP contribution >= 0.6 is 0 Å². The summed E-state index contributed by atoms with van der Waals surface area (Å²) in [6, 6.07) is -20.1. The summed E-state index contributed by atoms with van der Waals surface area (Å²) in [4.78, 5) is 0. The van der Waals surface area contributed by atoms with Crippen molar-refractivity contribution in [1.82, 2.24) is 0 Å². The molecule has 0 unspecified atom stereocenters. The number of hydrogen-bond acceptors (Lipinski definition) is 2. The van der Waals surface area contributed by atoms with E-state index in [1.807, 2.05) is 0 Å². The second-order valence-electron chi connectivity index (χ2n) is 9.93. The van der Waals surface area contributed by atoms with E-state index < -0.39 is 196 Å². The van der Waals surface area contributed by atoms with Crippen LogP contribution in [0.2, 0.25) is 0 Å². The molecule has 0 aliphatic carbocycles. The summed E-state index contributed by atoms with van der Waals surface area (Å²) >= 11 is 0. The Morgan fingerprint density at radius 1 is 0.475 bits per heavy atom. The molecule has 0 spiro atoms. The highest BCUT2D eigenvalue weighted by Gasteiger charge is 2.51. The van der Waals surface area contributed by atoms with Gasteiger partial charge in [0.25, 0.3) is 0 Å². The Morgan fingerprint density at radius 3 is 1.18 bits per heavy atom. The number of benzene rings is 5. The van der Waals surface area contributed by atoms with Crippen LogP contribution in [-0.4, -0.2) is 18.3 Å². The lowest BCUT2D eigenvalue weighted by molar-refractivity contribution is 0.00578. The van der Waals surface area contributed by atoms with E-state index in [4.69, 9.17) is 31.2 Å². The summed E-state index contributed by atoms with van der Waals surface area (Å²) in [5.41, 5.74) is -7.75. The molecular formula is C37H35BO2. The lowest BCUT2D eigenvalue weighted by Gasteiger charge is -2.32. The summed E-state index contributed by atoms with van der Waals surface area (Å²) in [7, 11) is -1.47. The minimum Gasteiger partial charge on any atom is -0.399 e. The van der Waals surface area contributed by atoms with E-state index in [9.17, 15) is 8.22 Å². The highest BCUT2D eigenvalue weighted by molar-refractivity contribution is 6.62. The minimum absolute atomic E-state index is 0.381. The van der Waals surface area contributed by atoms with Crippen LogP contribution in [0.1, 0.15) is 80.5 Å². The van der Waals surface area contributed by atoms with Crippen LogP contribution in [-0.2, 0) is 9.31 Å². The van der Waals surface area contributed by atoms with Crippen molar-refractivity contribution in [3.63, 3.8) is 0 Å². The second kappa shape index (κ2) is 10.6. The molecule has 5 aromatic rings. The third kappa shape index (κ3) is 5.15. The van der Waals surface area contributed by atoms with Crippen molar-refractivity contribution in [2.24, 2.45) is 0 Å². The quantitative estimate of drug-likeness (QED) is 0.158. The molecule has 0 saturated carbocycles. The van der Waals surface area contributed by atoms with Crippen LogP contribution in [0.4, 0.5) is 0 Å². The smallest absolute Gasteiger partial charge is 0.399 e. The predicted molar refractivity (Wildman–Crippen MR) is 167 cm³/mol. The van der Waals surface area contributed by atoms with Gasteiger partial charge in [0, 0.05) is 5.92 Å². The van der Waals surface area contributed by atoms with Gasteiger partial charge in [-0.25, -0.2) is 0 Å². The number of rotatable bonds is 6. The third-order valence-corrected chi connectivity index (χ3v) is 6.81. The van der Waals surface area contributed by atoms with E-state index >= 15 is 0 Å². The molecule has 6 rings (SSSR count). The first kappa shape index (κ1) is 11.2. The molecule has 1 saturated heterocycles. The average Bonchev–Trinajstić information content (AvgIpc) is 3.42. The standard InChI is InChI=1S/C37H35BO2/c1-36(2)37(3,4)40-38(39-36)34-25-23-33(24-26-34)35(31-19-15-29(16-20-31)27-11-7-5-8-12-27)32-21-17-30(18-22-32)28-13-9-6-10-14-28/h5-26,35H,1-4H3/i5D,6D,7D,8D,9D,10D,11D,12D,13D,14D,15D,16D,17D,18D,19D,20D,21D,22D,23D,24D,25D,26D. The molecule has 1 aliphatic heterocycles. The molecule has 198 valence electrons. The Bertz CT molecular complexity index is 2510. The van der Waals surface area contributed by atoms with Crippen molar-refractivity contribution >= 4 is 12.6 Å². The summed E-state index contributed by atoms with van der Waals surface area (Å²) in [6.45, 7) is 6.73. The zero-order valence-corrected chi connectivity index (χ0v) is 22.0. The van der Waals surface area contributed by atoms with E-state index in [0.29, 0.717) is 0 Å². The summed E-state index contributed by atoms with van der Waals surface area (Å²) in [5, 5.41) is 0. The van der Waals surface area contributed by atoms with Gasteiger partial charge in [0.15, 0.2) is 0 Å². The predicted octanol–water partition coefficient (Wildman–Crippen LogP) is 8.50. The molecule has 5 aromatic carbocycles. The van der Waals surface area contributed by atoms with Crippen molar-refractivity contribution in [3.05, 3.63) is 150 Å². The summed E-state index contributed by atoms with van der Waals surface area (Å²) in [6.07, 6.45) is 0. The highest BCUT2D eigenvalue weighted by Crippen LogP contribution is 2.37. The Labute approximate surface area is 269 Å². The fourth-order valence-electron chi connectivity index (χ4n) is 3.92. The first-order valence-electron chi connectivity index (χ1n) is 23.3. The van der Waals surface area contributed by atoms with E-state index in [-0.39, 0.29) is 5.46 Å². The van der Waals surface area contributed by atoms with Gasteiger partial charge in [-0.05, 0) is 72.1 Å². The fourth-order valence-corrected chi connectivity index (χ4v) is 3.92. The largest absolute Gasteiger partial charge is 0.494 e. The molecule has 0 amide bonds. The molecular weight excluding hydrogens is 487 g/mol. The van der Waals surface area contributed by atoms with Crippen LogP contribution < -0.4 is 5.46 Å². The molecule has 0 bridgehead atoms. The molecule has 2 nitrogen and oxygen atoms in total. The molecule has 0 radical (unpaired) electrons. The molecule has 40 heavy (non-hydrogen) atoms. The van der Waals surface area contributed by atoms with Crippen LogP contribution in [0.15, 0.2) is 133 Å². The van der Waals surface area contributed by atoms with Crippen molar-refractivity contribution in [2.75, 3.05) is 0 Å². The Balaban J connectivity index is 1.79. The van der Waals surface area contributed by atoms with Crippen molar-refractivity contribution in [3.8, 4) is 22.3 Å². The van der Waals surface area contributed by atoms with Crippen LogP contribution in [0.3, 0.4) is 0 Å². The van der Waals surface area contributed by atoms with Gasteiger partial charge in [0.1, 0.15) is 0 Å². The topological polar surface area (TPSA) is 18.5 Å². The van der Waals surface area contributed by atoms with Crippen LogP contribution in [0.5, 0.6) is 0 Å². The van der Waals surface area contributed by atoms with Gasteiger partial charge >= 0.3 is 7.12 Å². The van der Waals surface area contributed by atoms with Gasteiger partial charge in [0.2, 0.25) is 0 Å². The lowest BCUT2D eigenvalue weighted by Crippen LogP contribution is -2.41. The van der Waals surface area contributed by atoms with E-state index in [0.717, 1.165) is 0 Å². The molecule has 0 atom stereocenters. The second-order valence-corrected chi connectivity index (χ2v) is 9.93. The first-order valence-corrected chi connectivity index (χ1v) is 12.3. The number of hydrogen-bond donors (Lipinski definition) is 0. The van der Waals surface area contributed by atoms with Crippen molar-refractivity contribution in [1.29, 1.82) is 0 Å². The van der Waals surface area contributed by atoms with Crippen molar-refractivity contribution in [2.45, 2.75) is 44.8 Å². The maximum Gasteiger partial charge on any atom is 0.494 e. The first-order chi connectivity index (χ1) is 28.5. The maximum absolute atomic E-state index is 9.31. The van der Waals surface area contributed by atoms with Gasteiger partial charge in [-0.1, -0.05) is 133 Å². The molecule has 0 N–H and O–H groups in total. The average molecular weight is 545 g/mol. The van der Waals surface area contributed by atoms with Crippen LogP contribution in [0, 0.1) is 0 Å². The molecule has 1 heterocycles. The van der Waals surface area contributed by atoms with E-state index in [1.165, 1.54) is 0 Å². The molecule has 3 heteroatoms. The van der Waals surface area contributed by atoms with Gasteiger partial charge in [-0.3, -0.25) is 0 Å². The normalized spacial score (nSPS) is 23.6. The zero-order chi connectivity index (χ0) is 46.9. The van der Waals surface area contributed by atoms with E-state index in [2.05, 4.69) is 0 Å². The minimum atomic E-state index is -2.24. The van der Waals surface area contributed by atoms with E-state index in [1.54, 1.807) is 27.7 Å². The van der Waals surface area contributed by atoms with Crippen molar-refractivity contribution < 1.29 is 39.5 Å². The van der Waals surface area contributed by atoms with Gasteiger partial charge in [-0.2, -0.15) is 0 Å². The molecule has 0 aromatic heterocycles. The SMILES string of the molecule is [2H]c1c([2H])c([2H])c(-c2c([2H])c([2H])c(C(c3c([2H])c([2H])c(B4OC(C)(C)C(C)(C)O4)c([2H])c3[2H])c3c([2H])c([2H])c(-c4c([2H])c([2H])c([2H])c([2H])c4[2H])c([2H])c3[2H])c([2H])c2[2H])c([2H])c1[2H]. The lowest BCUT2D eigenvalue weighted by atomic mass is 9.77. The molecule has 1 fully saturated rings. The van der Waals surface area contributed by atoms with Gasteiger partial charge in [0.05, 0.1) is 41.4 Å². The zero-order valence-electron chi connectivity index (χ0n) is 44.0. The third-order valence-electron chi connectivity index (χ3n) is 6.81.